The van der Waals surface area contributed by atoms with Gasteiger partial charge in [0, 0.05) is 11.6 Å². The lowest BCUT2D eigenvalue weighted by Gasteiger charge is -2.03. The summed E-state index contributed by atoms with van der Waals surface area (Å²) in [6, 6.07) is 7.29. The van der Waals surface area contributed by atoms with Crippen molar-refractivity contribution in [2.24, 2.45) is 5.73 Å². The molecule has 0 atom stereocenters. The highest BCUT2D eigenvalue weighted by molar-refractivity contribution is 6.02. The molecule has 1 rings (SSSR count). The second-order valence-corrected chi connectivity index (χ2v) is 2.98. The Morgan fingerprint density at radius 3 is 2.81 bits per heavy atom. The minimum Gasteiger partial charge on any atom is -0.496 e. The van der Waals surface area contributed by atoms with Gasteiger partial charge in [-0.15, -0.1) is 0 Å². The Hall–Kier alpha value is -2.30. The van der Waals surface area contributed by atoms with Gasteiger partial charge in [-0.2, -0.15) is 0 Å². The van der Waals surface area contributed by atoms with Crippen LogP contribution >= 0.6 is 0 Å². The summed E-state index contributed by atoms with van der Waals surface area (Å²) in [5, 5.41) is 9.02. The van der Waals surface area contributed by atoms with E-state index >= 15 is 0 Å². The van der Waals surface area contributed by atoms with Gasteiger partial charge < -0.3 is 10.5 Å². The SMILES string of the molecule is COc1ccccc1/C=C/C(=O)NC(=N)N. The van der Waals surface area contributed by atoms with Crippen LogP contribution in [0.15, 0.2) is 30.3 Å². The van der Waals surface area contributed by atoms with E-state index < -0.39 is 5.91 Å². The summed E-state index contributed by atoms with van der Waals surface area (Å²) < 4.78 is 5.11. The van der Waals surface area contributed by atoms with Gasteiger partial charge in [0.25, 0.3) is 5.91 Å². The van der Waals surface area contributed by atoms with Gasteiger partial charge in [-0.25, -0.2) is 0 Å². The highest BCUT2D eigenvalue weighted by Gasteiger charge is 1.99. The van der Waals surface area contributed by atoms with Gasteiger partial charge in [-0.05, 0) is 12.1 Å². The molecule has 0 saturated carbocycles. The number of amides is 1. The molecule has 5 heteroatoms. The largest absolute Gasteiger partial charge is 0.496 e. The summed E-state index contributed by atoms with van der Waals surface area (Å²) in [6.07, 6.45) is 2.89. The van der Waals surface area contributed by atoms with Gasteiger partial charge in [-0.1, -0.05) is 18.2 Å². The smallest absolute Gasteiger partial charge is 0.250 e. The van der Waals surface area contributed by atoms with Crippen molar-refractivity contribution in [1.29, 1.82) is 5.41 Å². The molecule has 0 aliphatic heterocycles. The van der Waals surface area contributed by atoms with Crippen molar-refractivity contribution in [1.82, 2.24) is 5.32 Å². The van der Waals surface area contributed by atoms with Crippen LogP contribution in [0.5, 0.6) is 5.75 Å². The topological polar surface area (TPSA) is 88.2 Å². The molecule has 0 unspecified atom stereocenters. The van der Waals surface area contributed by atoms with Crippen LogP contribution in [-0.4, -0.2) is 19.0 Å². The molecule has 5 nitrogen and oxygen atoms in total. The molecule has 16 heavy (non-hydrogen) atoms. The Morgan fingerprint density at radius 1 is 1.50 bits per heavy atom. The molecule has 0 spiro atoms. The maximum Gasteiger partial charge on any atom is 0.250 e. The first-order chi connectivity index (χ1) is 7.63. The van der Waals surface area contributed by atoms with Crippen molar-refractivity contribution in [3.63, 3.8) is 0 Å². The fourth-order valence-corrected chi connectivity index (χ4v) is 1.14. The van der Waals surface area contributed by atoms with Gasteiger partial charge in [0.15, 0.2) is 5.96 Å². The van der Waals surface area contributed by atoms with Crippen LogP contribution in [-0.2, 0) is 4.79 Å². The van der Waals surface area contributed by atoms with Crippen molar-refractivity contribution >= 4 is 17.9 Å². The molecule has 0 bridgehead atoms. The van der Waals surface area contributed by atoms with Crippen LogP contribution in [0.3, 0.4) is 0 Å². The maximum absolute atomic E-state index is 11.2. The van der Waals surface area contributed by atoms with E-state index in [9.17, 15) is 4.79 Å². The molecule has 84 valence electrons. The monoisotopic (exact) mass is 219 g/mol. The number of ether oxygens (including phenoxy) is 1. The lowest BCUT2D eigenvalue weighted by atomic mass is 10.2. The predicted molar refractivity (Wildman–Crippen MR) is 62.1 cm³/mol. The van der Waals surface area contributed by atoms with Gasteiger partial charge in [0.2, 0.25) is 0 Å². The molecule has 1 aromatic carbocycles. The maximum atomic E-state index is 11.2. The van der Waals surface area contributed by atoms with E-state index in [1.165, 1.54) is 6.08 Å². The highest BCUT2D eigenvalue weighted by Crippen LogP contribution is 2.18. The molecule has 0 aliphatic rings. The number of para-hydroxylation sites is 1. The molecule has 0 saturated heterocycles. The zero-order chi connectivity index (χ0) is 12.0. The third-order valence-electron chi connectivity index (χ3n) is 1.81. The third kappa shape index (κ3) is 3.45. The fourth-order valence-electron chi connectivity index (χ4n) is 1.14. The molecular formula is C11H13N3O2. The van der Waals surface area contributed by atoms with Crippen molar-refractivity contribution in [3.05, 3.63) is 35.9 Å². The van der Waals surface area contributed by atoms with Crippen LogP contribution in [0.1, 0.15) is 5.56 Å². The Balaban J connectivity index is 2.76. The van der Waals surface area contributed by atoms with Gasteiger partial charge in [-0.3, -0.25) is 15.5 Å². The molecule has 0 aliphatic carbocycles. The van der Waals surface area contributed by atoms with Crippen molar-refractivity contribution < 1.29 is 9.53 Å². The normalized spacial score (nSPS) is 10.1. The highest BCUT2D eigenvalue weighted by atomic mass is 16.5. The average molecular weight is 219 g/mol. The molecule has 0 aromatic heterocycles. The van der Waals surface area contributed by atoms with Gasteiger partial charge in [0.05, 0.1) is 7.11 Å². The Labute approximate surface area is 93.4 Å². The number of rotatable bonds is 3. The second kappa shape index (κ2) is 5.55. The van der Waals surface area contributed by atoms with Gasteiger partial charge >= 0.3 is 0 Å². The molecule has 1 aromatic rings. The third-order valence-corrected chi connectivity index (χ3v) is 1.81. The molecule has 0 fully saturated rings. The molecular weight excluding hydrogens is 206 g/mol. The number of carbonyl (C=O) groups is 1. The Bertz CT molecular complexity index is 427. The van der Waals surface area contributed by atoms with Crippen LogP contribution < -0.4 is 15.8 Å². The lowest BCUT2D eigenvalue weighted by molar-refractivity contribution is -0.115. The first-order valence-corrected chi connectivity index (χ1v) is 4.59. The van der Waals surface area contributed by atoms with Crippen molar-refractivity contribution in [3.8, 4) is 5.75 Å². The zero-order valence-electron chi connectivity index (χ0n) is 8.86. The summed E-state index contributed by atoms with van der Waals surface area (Å²) in [5.41, 5.74) is 5.79. The van der Waals surface area contributed by atoms with Crippen LogP contribution in [0, 0.1) is 5.41 Å². The van der Waals surface area contributed by atoms with Crippen LogP contribution in [0.2, 0.25) is 0 Å². The second-order valence-electron chi connectivity index (χ2n) is 2.98. The Morgan fingerprint density at radius 2 is 2.19 bits per heavy atom. The zero-order valence-corrected chi connectivity index (χ0v) is 8.86. The first kappa shape index (κ1) is 11.8. The van der Waals surface area contributed by atoms with E-state index in [4.69, 9.17) is 15.9 Å². The summed E-state index contributed by atoms with van der Waals surface area (Å²) in [7, 11) is 1.56. The minimum atomic E-state index is -0.446. The summed E-state index contributed by atoms with van der Waals surface area (Å²) >= 11 is 0. The molecule has 0 radical (unpaired) electrons. The number of hydrogen-bond donors (Lipinski definition) is 3. The standard InChI is InChI=1S/C11H13N3O2/c1-16-9-5-3-2-4-8(9)6-7-10(15)14-11(12)13/h2-7H,1H3,(H4,12,13,14,15)/b7-6+. The van der Waals surface area contributed by atoms with Crippen molar-refractivity contribution in [2.75, 3.05) is 7.11 Å². The van der Waals surface area contributed by atoms with Crippen LogP contribution in [0.4, 0.5) is 0 Å². The summed E-state index contributed by atoms with van der Waals surface area (Å²) in [5.74, 6) is -0.151. The molecule has 4 N–H and O–H groups in total. The van der Waals surface area contributed by atoms with E-state index in [1.807, 2.05) is 18.2 Å². The van der Waals surface area contributed by atoms with E-state index in [0.29, 0.717) is 5.75 Å². The fraction of sp³-hybridized carbons (Fsp3) is 0.0909. The minimum absolute atomic E-state index is 0.380. The van der Waals surface area contributed by atoms with E-state index in [-0.39, 0.29) is 5.96 Å². The molecule has 0 heterocycles. The van der Waals surface area contributed by atoms with E-state index in [1.54, 1.807) is 19.3 Å². The van der Waals surface area contributed by atoms with Gasteiger partial charge in [0.1, 0.15) is 5.75 Å². The number of benzene rings is 1. The predicted octanol–water partition coefficient (Wildman–Crippen LogP) is 0.718. The Kier molecular flexibility index (Phi) is 4.08. The number of nitrogens with one attached hydrogen (secondary N) is 2. The molecule has 1 amide bonds. The van der Waals surface area contributed by atoms with E-state index in [2.05, 4.69) is 5.32 Å². The number of hydrogen-bond acceptors (Lipinski definition) is 3. The van der Waals surface area contributed by atoms with Crippen LogP contribution in [0.25, 0.3) is 6.08 Å². The number of nitrogens with two attached hydrogens (primary N) is 1. The average Bonchev–Trinajstić information content (AvgIpc) is 2.26. The lowest BCUT2D eigenvalue weighted by Crippen LogP contribution is -2.34. The summed E-state index contributed by atoms with van der Waals surface area (Å²) in [6.45, 7) is 0. The number of methoxy groups -OCH3 is 1. The quantitative estimate of drug-likeness (QED) is 0.397. The first-order valence-electron chi connectivity index (χ1n) is 4.59. The van der Waals surface area contributed by atoms with Crippen molar-refractivity contribution in [2.45, 2.75) is 0 Å². The van der Waals surface area contributed by atoms with E-state index in [0.717, 1.165) is 5.56 Å². The number of guanidine groups is 1. The summed E-state index contributed by atoms with van der Waals surface area (Å²) in [4.78, 5) is 11.2. The number of carbonyl (C=O) groups excluding carboxylic acids is 1.